The van der Waals surface area contributed by atoms with Gasteiger partial charge >= 0.3 is 0 Å². The molecule has 0 saturated carbocycles. The molecule has 24 heavy (non-hydrogen) atoms. The molecule has 6 nitrogen and oxygen atoms in total. The van der Waals surface area contributed by atoms with Crippen LogP contribution in [0.1, 0.15) is 31.1 Å². The summed E-state index contributed by atoms with van der Waals surface area (Å²) in [6.07, 6.45) is 9.89. The second-order valence-electron chi connectivity index (χ2n) is 5.71. The Bertz CT molecular complexity index is 541. The number of hydrogen-bond acceptors (Lipinski definition) is 7. The van der Waals surface area contributed by atoms with Crippen molar-refractivity contribution < 1.29 is 4.79 Å². The van der Waals surface area contributed by atoms with Gasteiger partial charge in [0.25, 0.3) is 0 Å². The fourth-order valence-electron chi connectivity index (χ4n) is 2.75. The molecule has 1 atom stereocenters. The number of aromatic nitrogens is 1. The zero-order chi connectivity index (χ0) is 17.8. The third kappa shape index (κ3) is 7.70. The third-order valence-electron chi connectivity index (χ3n) is 3.71. The molecule has 3 N–H and O–H groups in total. The predicted octanol–water partition coefficient (Wildman–Crippen LogP) is 2.54. The summed E-state index contributed by atoms with van der Waals surface area (Å²) < 4.78 is 0. The Hall–Kier alpha value is -1.73. The van der Waals surface area contributed by atoms with Gasteiger partial charge in [-0.05, 0) is 44.7 Å². The van der Waals surface area contributed by atoms with E-state index in [4.69, 9.17) is 10.5 Å². The number of allylic oxidation sites excluding steroid dienone is 2. The topological polar surface area (TPSA) is 83.6 Å². The first-order valence-corrected chi connectivity index (χ1v) is 9.05. The molecule has 0 aliphatic carbocycles. The summed E-state index contributed by atoms with van der Waals surface area (Å²) in [4.78, 5) is 20.9. The highest BCUT2D eigenvalue weighted by Gasteiger charge is 2.20. The van der Waals surface area contributed by atoms with Gasteiger partial charge < -0.3 is 15.8 Å². The van der Waals surface area contributed by atoms with Crippen LogP contribution in [0.3, 0.4) is 0 Å². The van der Waals surface area contributed by atoms with E-state index in [1.807, 2.05) is 19.3 Å². The monoisotopic (exact) mass is 351 g/mol. The van der Waals surface area contributed by atoms with Crippen molar-refractivity contribution in [3.8, 4) is 0 Å². The van der Waals surface area contributed by atoms with Crippen molar-refractivity contribution in [2.75, 3.05) is 32.5 Å². The summed E-state index contributed by atoms with van der Waals surface area (Å²) >= 11 is 1.74. The van der Waals surface area contributed by atoms with Gasteiger partial charge in [0.05, 0.1) is 0 Å². The number of likely N-dealkylation sites (tertiary alicyclic amines) is 1. The molecule has 0 bridgehead atoms. The zero-order valence-electron chi connectivity index (χ0n) is 14.9. The summed E-state index contributed by atoms with van der Waals surface area (Å²) in [5, 5.41) is 4.08. The minimum absolute atomic E-state index is 0.650. The number of anilines is 1. The van der Waals surface area contributed by atoms with E-state index in [9.17, 15) is 0 Å². The average Bonchev–Trinajstić information content (AvgIpc) is 3.01. The summed E-state index contributed by atoms with van der Waals surface area (Å²) in [6.45, 7) is 4.73. The van der Waals surface area contributed by atoms with Crippen molar-refractivity contribution in [2.24, 2.45) is 16.6 Å². The van der Waals surface area contributed by atoms with E-state index in [1.54, 1.807) is 24.6 Å². The Kier molecular flexibility index (Phi) is 9.95. The van der Waals surface area contributed by atoms with Crippen LogP contribution in [-0.4, -0.2) is 49.6 Å². The Morgan fingerprint density at radius 3 is 3.00 bits per heavy atom. The maximum Gasteiger partial charge on any atom is 0.182 e. The second kappa shape index (κ2) is 11.8. The molecule has 1 fully saturated rings. The predicted molar refractivity (Wildman–Crippen MR) is 103 cm³/mol. The molecule has 1 unspecified atom stereocenters. The number of nitrogens with zero attached hydrogens (tertiary/aromatic N) is 3. The second-order valence-corrected chi connectivity index (χ2v) is 6.83. The molecular weight excluding hydrogens is 322 g/mol. The molecule has 1 aromatic heterocycles. The maximum absolute atomic E-state index is 8.81. The first-order chi connectivity index (χ1) is 11.6. The van der Waals surface area contributed by atoms with Crippen molar-refractivity contribution in [2.45, 2.75) is 32.7 Å². The standard InChI is InChI=1S/C15H25N5S.C2H4O/c1-17-6-5-13(16)8-12-4-3-7-20(10-12)11-14-9-19-15(18-2)21-14;1-2-3/h5-6,9,12H,3-4,7-8,10-11,16H2,1-2H3,(H,18,19);2H,1H3/b13-5-,17-6?;. The van der Waals surface area contributed by atoms with Gasteiger partial charge in [0, 0.05) is 50.2 Å². The molecular formula is C17H29N5OS. The Morgan fingerprint density at radius 1 is 1.62 bits per heavy atom. The Balaban J connectivity index is 0.000000891. The molecule has 0 amide bonds. The molecule has 2 rings (SSSR count). The van der Waals surface area contributed by atoms with E-state index in [0.717, 1.165) is 36.6 Å². The number of aldehydes is 1. The van der Waals surface area contributed by atoms with Gasteiger partial charge in [0.15, 0.2) is 5.13 Å². The van der Waals surface area contributed by atoms with Gasteiger partial charge in [0.2, 0.25) is 0 Å². The minimum atomic E-state index is 0.650. The van der Waals surface area contributed by atoms with Crippen LogP contribution in [0.15, 0.2) is 23.0 Å². The van der Waals surface area contributed by atoms with Crippen LogP contribution in [0.25, 0.3) is 0 Å². The molecule has 0 aromatic carbocycles. The van der Waals surface area contributed by atoms with E-state index in [1.165, 1.54) is 31.2 Å². The van der Waals surface area contributed by atoms with Gasteiger partial charge in [-0.2, -0.15) is 0 Å². The average molecular weight is 352 g/mol. The summed E-state index contributed by atoms with van der Waals surface area (Å²) in [6, 6.07) is 0. The minimum Gasteiger partial charge on any atom is -0.402 e. The van der Waals surface area contributed by atoms with Crippen molar-refractivity contribution in [3.63, 3.8) is 0 Å². The Labute approximate surface area is 148 Å². The number of carbonyl (C=O) groups is 1. The first-order valence-electron chi connectivity index (χ1n) is 8.24. The SMILES string of the molecule is CC=O.CN=C/C=C(\N)CC1CCCN(Cc2cnc(NC)s2)C1. The Morgan fingerprint density at radius 2 is 2.38 bits per heavy atom. The lowest BCUT2D eigenvalue weighted by Gasteiger charge is -2.32. The molecule has 1 aromatic rings. The van der Waals surface area contributed by atoms with E-state index in [2.05, 4.69) is 20.2 Å². The number of rotatable bonds is 6. The smallest absolute Gasteiger partial charge is 0.182 e. The highest BCUT2D eigenvalue weighted by Crippen LogP contribution is 2.25. The number of piperidine rings is 1. The van der Waals surface area contributed by atoms with Gasteiger partial charge in [-0.3, -0.25) is 9.89 Å². The highest BCUT2D eigenvalue weighted by molar-refractivity contribution is 7.15. The van der Waals surface area contributed by atoms with Crippen LogP contribution >= 0.6 is 11.3 Å². The van der Waals surface area contributed by atoms with Crippen molar-refractivity contribution in [1.29, 1.82) is 0 Å². The maximum atomic E-state index is 8.81. The highest BCUT2D eigenvalue weighted by atomic mass is 32.1. The lowest BCUT2D eigenvalue weighted by Crippen LogP contribution is -2.35. The van der Waals surface area contributed by atoms with Crippen molar-refractivity contribution in [3.05, 3.63) is 22.8 Å². The first kappa shape index (κ1) is 20.3. The van der Waals surface area contributed by atoms with Crippen molar-refractivity contribution >= 4 is 29.0 Å². The molecule has 1 aliphatic rings. The number of thiazole rings is 1. The number of hydrogen-bond donors (Lipinski definition) is 2. The summed E-state index contributed by atoms with van der Waals surface area (Å²) in [5.41, 5.74) is 6.98. The normalized spacial score (nSPS) is 19.0. The molecule has 0 radical (unpaired) electrons. The molecule has 134 valence electrons. The number of nitrogens with two attached hydrogens (primary N) is 1. The summed E-state index contributed by atoms with van der Waals surface area (Å²) in [7, 11) is 3.68. The molecule has 7 heteroatoms. The molecule has 0 spiro atoms. The van der Waals surface area contributed by atoms with E-state index < -0.39 is 0 Å². The molecule has 1 aliphatic heterocycles. The zero-order valence-corrected chi connectivity index (χ0v) is 15.7. The van der Waals surface area contributed by atoms with Crippen LogP contribution in [0.2, 0.25) is 0 Å². The van der Waals surface area contributed by atoms with Gasteiger partial charge in [-0.1, -0.05) is 0 Å². The quantitative estimate of drug-likeness (QED) is 0.608. The number of carbonyl (C=O) groups excluding carboxylic acids is 1. The fraction of sp³-hybridized carbons (Fsp3) is 0.588. The lowest BCUT2D eigenvalue weighted by atomic mass is 9.93. The van der Waals surface area contributed by atoms with Crippen LogP contribution in [0.5, 0.6) is 0 Å². The molecule has 2 heterocycles. The number of aliphatic imine (C=N–C) groups is 1. The van der Waals surface area contributed by atoms with Crippen LogP contribution < -0.4 is 11.1 Å². The van der Waals surface area contributed by atoms with Crippen LogP contribution in [0, 0.1) is 5.92 Å². The van der Waals surface area contributed by atoms with Crippen LogP contribution in [-0.2, 0) is 11.3 Å². The van der Waals surface area contributed by atoms with Gasteiger partial charge in [-0.25, -0.2) is 4.98 Å². The largest absolute Gasteiger partial charge is 0.402 e. The van der Waals surface area contributed by atoms with E-state index in [0.29, 0.717) is 5.92 Å². The third-order valence-corrected chi connectivity index (χ3v) is 4.71. The number of nitrogens with one attached hydrogen (secondary N) is 1. The van der Waals surface area contributed by atoms with Gasteiger partial charge in [0.1, 0.15) is 6.29 Å². The van der Waals surface area contributed by atoms with Crippen LogP contribution in [0.4, 0.5) is 5.13 Å². The molecule has 1 saturated heterocycles. The van der Waals surface area contributed by atoms with E-state index in [-0.39, 0.29) is 0 Å². The lowest BCUT2D eigenvalue weighted by molar-refractivity contribution is -0.106. The van der Waals surface area contributed by atoms with E-state index >= 15 is 0 Å². The van der Waals surface area contributed by atoms with Crippen molar-refractivity contribution in [1.82, 2.24) is 9.88 Å². The fourth-order valence-corrected chi connectivity index (χ4v) is 3.56. The summed E-state index contributed by atoms with van der Waals surface area (Å²) in [5.74, 6) is 0.650. The van der Waals surface area contributed by atoms with Gasteiger partial charge in [-0.15, -0.1) is 11.3 Å².